The summed E-state index contributed by atoms with van der Waals surface area (Å²) in [6, 6.07) is 3.25. The van der Waals surface area contributed by atoms with E-state index in [1.165, 1.54) is 13.0 Å². The number of halogens is 8. The minimum absolute atomic E-state index is 0.0503. The first kappa shape index (κ1) is 24.0. The Kier molecular flexibility index (Phi) is 6.52. The molecule has 3 rings (SSSR count). The van der Waals surface area contributed by atoms with Crippen LogP contribution in [0.2, 0.25) is 0 Å². The van der Waals surface area contributed by atoms with Crippen molar-refractivity contribution in [1.29, 1.82) is 0 Å². The van der Waals surface area contributed by atoms with Gasteiger partial charge in [0.2, 0.25) is 5.92 Å². The number of hydrogen-bond acceptors (Lipinski definition) is 2. The van der Waals surface area contributed by atoms with Gasteiger partial charge in [-0.1, -0.05) is 0 Å². The molecule has 1 aliphatic rings. The average Bonchev–Trinajstić information content (AvgIpc) is 3.06. The van der Waals surface area contributed by atoms with Gasteiger partial charge in [0.15, 0.2) is 0 Å². The van der Waals surface area contributed by atoms with Gasteiger partial charge in [-0.15, -0.1) is 0 Å². The van der Waals surface area contributed by atoms with E-state index in [1.54, 1.807) is 0 Å². The van der Waals surface area contributed by atoms with Crippen molar-refractivity contribution >= 4 is 11.6 Å². The van der Waals surface area contributed by atoms with E-state index in [-0.39, 0.29) is 24.1 Å². The number of aromatic nitrogens is 2. The van der Waals surface area contributed by atoms with Crippen molar-refractivity contribution in [3.05, 3.63) is 46.5 Å². The predicted octanol–water partition coefficient (Wildman–Crippen LogP) is 6.36. The molecule has 2 aromatic rings. The zero-order valence-electron chi connectivity index (χ0n) is 16.7. The topological polar surface area (TPSA) is 46.9 Å². The van der Waals surface area contributed by atoms with E-state index in [1.807, 2.05) is 0 Å². The third-order valence-corrected chi connectivity index (χ3v) is 5.37. The van der Waals surface area contributed by atoms with E-state index >= 15 is 0 Å². The number of benzene rings is 1. The average molecular weight is 469 g/mol. The Bertz CT molecular complexity index is 989. The molecule has 1 aromatic carbocycles. The van der Waals surface area contributed by atoms with E-state index in [9.17, 15) is 39.9 Å². The molecule has 1 saturated carbocycles. The van der Waals surface area contributed by atoms with E-state index in [0.717, 1.165) is 12.1 Å². The van der Waals surface area contributed by atoms with Gasteiger partial charge in [-0.2, -0.15) is 18.3 Å². The molecule has 1 aromatic heterocycles. The standard InChI is InChI=1S/C20H19F8N3O/c1-10-8-12(2-3-13(10)21)29-18(32)16-14(20(26,27)28)15(17(22)23)30-31(16)9-11-4-6-19(24,25)7-5-11/h2-3,8,11,17H,4-7,9H2,1H3,(H,29,32). The monoisotopic (exact) mass is 469 g/mol. The number of nitrogens with zero attached hydrogens (tertiary/aromatic N) is 2. The molecular formula is C20H19F8N3O. The second-order valence-corrected chi connectivity index (χ2v) is 7.81. The molecule has 12 heteroatoms. The van der Waals surface area contributed by atoms with Gasteiger partial charge in [0.25, 0.3) is 12.3 Å². The van der Waals surface area contributed by atoms with Gasteiger partial charge in [-0.05, 0) is 49.4 Å². The highest BCUT2D eigenvalue weighted by Gasteiger charge is 2.45. The van der Waals surface area contributed by atoms with E-state index in [0.29, 0.717) is 4.68 Å². The molecule has 0 aliphatic heterocycles. The third kappa shape index (κ3) is 5.21. The maximum atomic E-state index is 13.7. The van der Waals surface area contributed by atoms with Crippen LogP contribution in [0.3, 0.4) is 0 Å². The molecule has 176 valence electrons. The maximum absolute atomic E-state index is 13.7. The van der Waals surface area contributed by atoms with Crippen molar-refractivity contribution < 1.29 is 39.9 Å². The highest BCUT2D eigenvalue weighted by Crippen LogP contribution is 2.41. The summed E-state index contributed by atoms with van der Waals surface area (Å²) in [4.78, 5) is 12.7. The van der Waals surface area contributed by atoms with Crippen LogP contribution >= 0.6 is 0 Å². The molecule has 1 N–H and O–H groups in total. The molecule has 0 bridgehead atoms. The zero-order chi connectivity index (χ0) is 23.8. The Hall–Kier alpha value is -2.66. The largest absolute Gasteiger partial charge is 0.420 e. The molecule has 0 unspecified atom stereocenters. The van der Waals surface area contributed by atoms with E-state index in [2.05, 4.69) is 10.4 Å². The number of alkyl halides is 7. The van der Waals surface area contributed by atoms with Crippen molar-refractivity contribution in [3.63, 3.8) is 0 Å². The second-order valence-electron chi connectivity index (χ2n) is 7.81. The number of carbonyl (C=O) groups excluding carboxylic acids is 1. The fourth-order valence-electron chi connectivity index (χ4n) is 3.72. The summed E-state index contributed by atoms with van der Waals surface area (Å²) in [5, 5.41) is 5.49. The molecular weight excluding hydrogens is 450 g/mol. The molecule has 0 spiro atoms. The third-order valence-electron chi connectivity index (χ3n) is 5.37. The Morgan fingerprint density at radius 1 is 1.25 bits per heavy atom. The highest BCUT2D eigenvalue weighted by atomic mass is 19.4. The molecule has 0 atom stereocenters. The zero-order valence-corrected chi connectivity index (χ0v) is 16.7. The van der Waals surface area contributed by atoms with Crippen LogP contribution in [0.5, 0.6) is 0 Å². The summed E-state index contributed by atoms with van der Waals surface area (Å²) in [7, 11) is 0. The number of anilines is 1. The Labute approximate surface area is 177 Å². The second kappa shape index (κ2) is 8.70. The summed E-state index contributed by atoms with van der Waals surface area (Å²) in [6.07, 6.45) is -10.1. The van der Waals surface area contributed by atoms with Crippen molar-refractivity contribution in [3.8, 4) is 0 Å². The van der Waals surface area contributed by atoms with Crippen LogP contribution in [0.4, 0.5) is 40.8 Å². The smallest absolute Gasteiger partial charge is 0.321 e. The minimum Gasteiger partial charge on any atom is -0.321 e. The lowest BCUT2D eigenvalue weighted by molar-refractivity contribution is -0.139. The Balaban J connectivity index is 2.00. The fourth-order valence-corrected chi connectivity index (χ4v) is 3.72. The Morgan fingerprint density at radius 3 is 2.41 bits per heavy atom. The van der Waals surface area contributed by atoms with Gasteiger partial charge in [0.05, 0.1) is 0 Å². The van der Waals surface area contributed by atoms with Gasteiger partial charge in [-0.3, -0.25) is 9.48 Å². The molecule has 1 amide bonds. The summed E-state index contributed by atoms with van der Waals surface area (Å²) in [5.41, 5.74) is -4.59. The highest BCUT2D eigenvalue weighted by molar-refractivity contribution is 6.04. The number of rotatable bonds is 5. The number of nitrogens with one attached hydrogen (secondary N) is 1. The summed E-state index contributed by atoms with van der Waals surface area (Å²) < 4.78 is 108. The summed E-state index contributed by atoms with van der Waals surface area (Å²) in [5.74, 6) is -5.45. The number of hydrogen-bond donors (Lipinski definition) is 1. The predicted molar refractivity (Wildman–Crippen MR) is 98.2 cm³/mol. The number of aryl methyl sites for hydroxylation is 1. The van der Waals surface area contributed by atoms with Crippen molar-refractivity contribution in [1.82, 2.24) is 9.78 Å². The van der Waals surface area contributed by atoms with Crippen molar-refractivity contribution in [2.45, 2.75) is 57.7 Å². The van der Waals surface area contributed by atoms with Gasteiger partial charge in [0.1, 0.15) is 22.8 Å². The molecule has 4 nitrogen and oxygen atoms in total. The molecule has 0 radical (unpaired) electrons. The maximum Gasteiger partial charge on any atom is 0.420 e. The first-order chi connectivity index (χ1) is 14.8. The lowest BCUT2D eigenvalue weighted by Gasteiger charge is -2.28. The normalized spacial score (nSPS) is 17.1. The molecule has 1 heterocycles. The van der Waals surface area contributed by atoms with E-state index in [4.69, 9.17) is 0 Å². The van der Waals surface area contributed by atoms with Crippen LogP contribution in [0.15, 0.2) is 18.2 Å². The van der Waals surface area contributed by atoms with Crippen molar-refractivity contribution in [2.24, 2.45) is 5.92 Å². The quantitative estimate of drug-likeness (QED) is 0.518. The molecule has 0 saturated heterocycles. The van der Waals surface area contributed by atoms with Crippen LogP contribution in [-0.4, -0.2) is 21.6 Å². The lowest BCUT2D eigenvalue weighted by Crippen LogP contribution is -2.29. The summed E-state index contributed by atoms with van der Waals surface area (Å²) >= 11 is 0. The van der Waals surface area contributed by atoms with Gasteiger partial charge < -0.3 is 5.32 Å². The minimum atomic E-state index is -5.32. The van der Waals surface area contributed by atoms with Crippen LogP contribution in [0.25, 0.3) is 0 Å². The molecule has 1 aliphatic carbocycles. The van der Waals surface area contributed by atoms with Crippen LogP contribution < -0.4 is 5.32 Å². The number of amides is 1. The van der Waals surface area contributed by atoms with Crippen molar-refractivity contribution in [2.75, 3.05) is 5.32 Å². The number of carbonyl (C=O) groups is 1. The van der Waals surface area contributed by atoms with E-state index < -0.39 is 72.5 Å². The fraction of sp³-hybridized carbons (Fsp3) is 0.500. The molecule has 1 fully saturated rings. The van der Waals surface area contributed by atoms with Crippen LogP contribution in [0, 0.1) is 18.7 Å². The van der Waals surface area contributed by atoms with Crippen LogP contribution in [0.1, 0.15) is 59.4 Å². The van der Waals surface area contributed by atoms with Crippen LogP contribution in [-0.2, 0) is 12.7 Å². The first-order valence-corrected chi connectivity index (χ1v) is 9.70. The first-order valence-electron chi connectivity index (χ1n) is 9.70. The Morgan fingerprint density at radius 2 is 1.88 bits per heavy atom. The molecule has 32 heavy (non-hydrogen) atoms. The van der Waals surface area contributed by atoms with Gasteiger partial charge in [-0.25, -0.2) is 22.0 Å². The summed E-state index contributed by atoms with van der Waals surface area (Å²) in [6.45, 7) is 0.960. The van der Waals surface area contributed by atoms with Gasteiger partial charge in [0, 0.05) is 25.1 Å². The van der Waals surface area contributed by atoms with Gasteiger partial charge >= 0.3 is 6.18 Å². The lowest BCUT2D eigenvalue weighted by atomic mass is 9.87. The SMILES string of the molecule is Cc1cc(NC(=O)c2c(C(F)(F)F)c(C(F)F)nn2CC2CCC(F)(F)CC2)ccc1F.